The first-order chi connectivity index (χ1) is 14.1. The maximum Gasteiger partial charge on any atom is 0.227 e. The Labute approximate surface area is 173 Å². The van der Waals surface area contributed by atoms with Gasteiger partial charge in [0.15, 0.2) is 0 Å². The molecule has 3 fully saturated rings. The maximum atomic E-state index is 12.9. The predicted octanol–water partition coefficient (Wildman–Crippen LogP) is 1.37. The summed E-state index contributed by atoms with van der Waals surface area (Å²) in [4.78, 5) is 28.9. The second-order valence-electron chi connectivity index (χ2n) is 8.43. The molecule has 0 aliphatic carbocycles. The number of likely N-dealkylation sites (tertiary alicyclic amines) is 1. The second kappa shape index (κ2) is 9.26. The molecule has 160 valence electrons. The highest BCUT2D eigenvalue weighted by Gasteiger charge is 2.34. The minimum Gasteiger partial charge on any atom is -0.378 e. The van der Waals surface area contributed by atoms with Crippen molar-refractivity contribution in [2.45, 2.75) is 38.6 Å². The zero-order valence-electron chi connectivity index (χ0n) is 17.8. The smallest absolute Gasteiger partial charge is 0.227 e. The lowest BCUT2D eigenvalue weighted by Gasteiger charge is -2.43. The van der Waals surface area contributed by atoms with Crippen LogP contribution < -0.4 is 10.2 Å². The molecule has 1 atom stereocenters. The molecule has 4 rings (SSSR count). The van der Waals surface area contributed by atoms with E-state index in [9.17, 15) is 4.79 Å². The first-order valence-electron chi connectivity index (χ1n) is 11.0. The number of carbonyl (C=O) groups is 1. The van der Waals surface area contributed by atoms with Crippen molar-refractivity contribution in [1.29, 1.82) is 0 Å². The van der Waals surface area contributed by atoms with Gasteiger partial charge in [-0.1, -0.05) is 0 Å². The molecule has 3 aliphatic rings. The van der Waals surface area contributed by atoms with Crippen LogP contribution >= 0.6 is 0 Å². The number of carbonyl (C=O) groups excluding carboxylic acids is 1. The standard InChI is InChI=1S/C21H34N6O2/c1-16-14-19(24-21(22-2)23-16)25-8-5-18(6-9-25)27-7-3-4-17(15-27)20(28)26-10-12-29-13-11-26/h14,17-18H,3-13,15H2,1-2H3,(H,22,23,24). The summed E-state index contributed by atoms with van der Waals surface area (Å²) in [5, 5.41) is 3.05. The molecule has 0 radical (unpaired) electrons. The van der Waals surface area contributed by atoms with Crippen molar-refractivity contribution in [3.05, 3.63) is 11.8 Å². The Hall–Kier alpha value is -1.93. The Bertz CT molecular complexity index is 700. The molecule has 3 aliphatic heterocycles. The van der Waals surface area contributed by atoms with E-state index in [-0.39, 0.29) is 5.92 Å². The third kappa shape index (κ3) is 4.80. The van der Waals surface area contributed by atoms with E-state index in [0.717, 1.165) is 76.5 Å². The summed E-state index contributed by atoms with van der Waals surface area (Å²) in [6.07, 6.45) is 4.39. The molecule has 4 heterocycles. The van der Waals surface area contributed by atoms with Crippen LogP contribution in [0.25, 0.3) is 0 Å². The fourth-order valence-electron chi connectivity index (χ4n) is 4.87. The largest absolute Gasteiger partial charge is 0.378 e. The van der Waals surface area contributed by atoms with Crippen molar-refractivity contribution < 1.29 is 9.53 Å². The van der Waals surface area contributed by atoms with Crippen LogP contribution in [-0.2, 0) is 9.53 Å². The molecular formula is C21H34N6O2. The normalized spacial score (nSPS) is 24.6. The fourth-order valence-corrected chi connectivity index (χ4v) is 4.87. The number of ether oxygens (including phenoxy) is 1. The molecule has 29 heavy (non-hydrogen) atoms. The highest BCUT2D eigenvalue weighted by Crippen LogP contribution is 2.27. The number of hydrogen-bond acceptors (Lipinski definition) is 7. The zero-order valence-corrected chi connectivity index (χ0v) is 17.8. The molecule has 3 saturated heterocycles. The van der Waals surface area contributed by atoms with Crippen LogP contribution in [0.5, 0.6) is 0 Å². The summed E-state index contributed by atoms with van der Waals surface area (Å²) in [5.41, 5.74) is 0.988. The molecule has 1 N–H and O–H groups in total. The monoisotopic (exact) mass is 402 g/mol. The highest BCUT2D eigenvalue weighted by molar-refractivity contribution is 5.79. The number of amides is 1. The van der Waals surface area contributed by atoms with Gasteiger partial charge < -0.3 is 19.9 Å². The molecule has 0 bridgehead atoms. The summed E-state index contributed by atoms with van der Waals surface area (Å²) in [7, 11) is 1.86. The van der Waals surface area contributed by atoms with Crippen LogP contribution in [-0.4, -0.2) is 91.2 Å². The second-order valence-corrected chi connectivity index (χ2v) is 8.43. The number of anilines is 2. The van der Waals surface area contributed by atoms with Crippen molar-refractivity contribution in [1.82, 2.24) is 19.8 Å². The summed E-state index contributed by atoms with van der Waals surface area (Å²) >= 11 is 0. The predicted molar refractivity (Wildman–Crippen MR) is 113 cm³/mol. The number of hydrogen-bond donors (Lipinski definition) is 1. The first kappa shape index (κ1) is 20.3. The van der Waals surface area contributed by atoms with E-state index in [1.165, 1.54) is 0 Å². The van der Waals surface area contributed by atoms with Gasteiger partial charge in [-0.25, -0.2) is 4.98 Å². The average molecular weight is 403 g/mol. The van der Waals surface area contributed by atoms with Crippen LogP contribution in [0.2, 0.25) is 0 Å². The van der Waals surface area contributed by atoms with Gasteiger partial charge in [0.05, 0.1) is 19.1 Å². The van der Waals surface area contributed by atoms with Crippen LogP contribution in [0.3, 0.4) is 0 Å². The van der Waals surface area contributed by atoms with Crippen LogP contribution in [0.4, 0.5) is 11.8 Å². The van der Waals surface area contributed by atoms with Crippen molar-refractivity contribution in [2.75, 3.05) is 69.7 Å². The minimum atomic E-state index is 0.155. The molecular weight excluding hydrogens is 368 g/mol. The summed E-state index contributed by atoms with van der Waals surface area (Å²) in [6.45, 7) is 8.91. The molecule has 8 heteroatoms. The molecule has 0 aromatic carbocycles. The highest BCUT2D eigenvalue weighted by atomic mass is 16.5. The van der Waals surface area contributed by atoms with Gasteiger partial charge >= 0.3 is 0 Å². The Morgan fingerprint density at radius 3 is 2.59 bits per heavy atom. The number of morpholine rings is 1. The van der Waals surface area contributed by atoms with Crippen molar-refractivity contribution in [3.8, 4) is 0 Å². The Morgan fingerprint density at radius 2 is 1.86 bits per heavy atom. The van der Waals surface area contributed by atoms with Gasteiger partial charge in [0.25, 0.3) is 0 Å². The third-order valence-corrected chi connectivity index (χ3v) is 6.49. The summed E-state index contributed by atoms with van der Waals surface area (Å²) < 4.78 is 5.40. The summed E-state index contributed by atoms with van der Waals surface area (Å²) in [5.74, 6) is 2.19. The Morgan fingerprint density at radius 1 is 1.10 bits per heavy atom. The van der Waals surface area contributed by atoms with Crippen LogP contribution in [0, 0.1) is 12.8 Å². The molecule has 1 aromatic heterocycles. The number of nitrogens with one attached hydrogen (secondary N) is 1. The van der Waals surface area contributed by atoms with E-state index in [0.29, 0.717) is 31.1 Å². The van der Waals surface area contributed by atoms with Crippen LogP contribution in [0.15, 0.2) is 6.07 Å². The Balaban J connectivity index is 1.32. The van der Waals surface area contributed by atoms with Gasteiger partial charge in [-0.3, -0.25) is 9.69 Å². The van der Waals surface area contributed by atoms with E-state index < -0.39 is 0 Å². The molecule has 0 spiro atoms. The molecule has 8 nitrogen and oxygen atoms in total. The lowest BCUT2D eigenvalue weighted by Crippen LogP contribution is -2.52. The third-order valence-electron chi connectivity index (χ3n) is 6.49. The zero-order chi connectivity index (χ0) is 20.2. The SMILES string of the molecule is CNc1nc(C)cc(N2CCC(N3CCCC(C(=O)N4CCOCC4)C3)CC2)n1. The molecule has 1 amide bonds. The van der Waals surface area contributed by atoms with Gasteiger partial charge in [0.2, 0.25) is 11.9 Å². The van der Waals surface area contributed by atoms with Gasteiger partial charge in [0, 0.05) is 57.6 Å². The Kier molecular flexibility index (Phi) is 6.50. The topological polar surface area (TPSA) is 73.8 Å². The number of piperidine rings is 2. The first-order valence-corrected chi connectivity index (χ1v) is 11.0. The van der Waals surface area contributed by atoms with Crippen molar-refractivity contribution in [2.24, 2.45) is 5.92 Å². The lowest BCUT2D eigenvalue weighted by molar-refractivity contribution is -0.141. The van der Waals surface area contributed by atoms with Gasteiger partial charge in [-0.2, -0.15) is 4.98 Å². The number of aryl methyl sites for hydroxylation is 1. The van der Waals surface area contributed by atoms with Gasteiger partial charge in [-0.15, -0.1) is 0 Å². The van der Waals surface area contributed by atoms with Crippen LogP contribution in [0.1, 0.15) is 31.4 Å². The molecule has 1 unspecified atom stereocenters. The average Bonchev–Trinajstić information content (AvgIpc) is 2.79. The van der Waals surface area contributed by atoms with E-state index in [2.05, 4.69) is 31.2 Å². The summed E-state index contributed by atoms with van der Waals surface area (Å²) in [6, 6.07) is 2.64. The van der Waals surface area contributed by atoms with E-state index >= 15 is 0 Å². The quantitative estimate of drug-likeness (QED) is 0.815. The van der Waals surface area contributed by atoms with Gasteiger partial charge in [0.1, 0.15) is 5.82 Å². The number of aromatic nitrogens is 2. The fraction of sp³-hybridized carbons (Fsp3) is 0.762. The minimum absolute atomic E-state index is 0.155. The maximum absolute atomic E-state index is 12.9. The van der Waals surface area contributed by atoms with E-state index in [1.54, 1.807) is 0 Å². The molecule has 1 aromatic rings. The van der Waals surface area contributed by atoms with E-state index in [1.807, 2.05) is 18.9 Å². The van der Waals surface area contributed by atoms with E-state index in [4.69, 9.17) is 4.74 Å². The lowest BCUT2D eigenvalue weighted by atomic mass is 9.92. The number of rotatable bonds is 4. The number of nitrogens with zero attached hydrogens (tertiary/aromatic N) is 5. The molecule has 0 saturated carbocycles. The van der Waals surface area contributed by atoms with Gasteiger partial charge in [-0.05, 0) is 39.2 Å². The van der Waals surface area contributed by atoms with Crippen molar-refractivity contribution >= 4 is 17.7 Å². The van der Waals surface area contributed by atoms with Crippen molar-refractivity contribution in [3.63, 3.8) is 0 Å².